The fourth-order valence-corrected chi connectivity index (χ4v) is 3.61. The summed E-state index contributed by atoms with van der Waals surface area (Å²) in [5, 5.41) is 3.26. The zero-order chi connectivity index (χ0) is 15.3. The van der Waals surface area contributed by atoms with Gasteiger partial charge in [-0.25, -0.2) is 13.1 Å². The summed E-state index contributed by atoms with van der Waals surface area (Å²) in [6, 6.07) is 6.23. The Bertz CT molecular complexity index is 599. The molecular formula is C15H23ClN2O3S. The predicted octanol–water partition coefficient (Wildman–Crippen LogP) is 1.98. The molecule has 7 heteroatoms. The van der Waals surface area contributed by atoms with E-state index in [2.05, 4.69) is 10.0 Å². The van der Waals surface area contributed by atoms with E-state index in [0.29, 0.717) is 24.4 Å². The smallest absolute Gasteiger partial charge is 0.240 e. The first kappa shape index (κ1) is 19.1. The van der Waals surface area contributed by atoms with Crippen molar-refractivity contribution in [3.63, 3.8) is 0 Å². The van der Waals surface area contributed by atoms with E-state index in [1.165, 1.54) is 12.1 Å². The zero-order valence-electron chi connectivity index (χ0n) is 12.7. The van der Waals surface area contributed by atoms with E-state index in [0.717, 1.165) is 25.9 Å². The predicted molar refractivity (Wildman–Crippen MR) is 89.1 cm³/mol. The van der Waals surface area contributed by atoms with E-state index in [4.69, 9.17) is 0 Å². The molecule has 0 amide bonds. The van der Waals surface area contributed by atoms with Gasteiger partial charge in [0.15, 0.2) is 5.78 Å². The number of halogens is 1. The van der Waals surface area contributed by atoms with Crippen molar-refractivity contribution in [1.29, 1.82) is 0 Å². The summed E-state index contributed by atoms with van der Waals surface area (Å²) in [6.07, 6.45) is 2.47. The standard InChI is InChI=1S/C15H22N2O3S.ClH/c1-2-15(18)13-6-3-7-14(9-13)21(19,20)17-11-12-5-4-8-16-10-12;/h3,6-7,9,12,16-17H,2,4-5,8,10-11H2,1H3;1H. The van der Waals surface area contributed by atoms with Crippen LogP contribution in [0.4, 0.5) is 0 Å². The molecule has 5 nitrogen and oxygen atoms in total. The molecule has 1 unspecified atom stereocenters. The van der Waals surface area contributed by atoms with E-state index in [1.54, 1.807) is 19.1 Å². The number of hydrogen-bond acceptors (Lipinski definition) is 4. The number of sulfonamides is 1. The first-order valence-electron chi connectivity index (χ1n) is 7.36. The third kappa shape index (κ3) is 5.05. The van der Waals surface area contributed by atoms with Crippen LogP contribution in [0.25, 0.3) is 0 Å². The van der Waals surface area contributed by atoms with Crippen LogP contribution in [-0.4, -0.2) is 33.8 Å². The van der Waals surface area contributed by atoms with Gasteiger partial charge in [0.25, 0.3) is 0 Å². The Morgan fingerprint density at radius 1 is 1.41 bits per heavy atom. The van der Waals surface area contributed by atoms with Crippen LogP contribution in [0, 0.1) is 5.92 Å². The molecule has 1 aliphatic heterocycles. The largest absolute Gasteiger partial charge is 0.316 e. The van der Waals surface area contributed by atoms with E-state index >= 15 is 0 Å². The van der Waals surface area contributed by atoms with E-state index in [-0.39, 0.29) is 23.1 Å². The van der Waals surface area contributed by atoms with Gasteiger partial charge in [0.05, 0.1) is 4.90 Å². The van der Waals surface area contributed by atoms with Crippen molar-refractivity contribution in [2.75, 3.05) is 19.6 Å². The number of rotatable bonds is 6. The molecule has 2 rings (SSSR count). The first-order chi connectivity index (χ1) is 10.0. The first-order valence-corrected chi connectivity index (χ1v) is 8.85. The number of Topliss-reactive ketones (excluding diaryl/α,β-unsaturated/α-hetero) is 1. The maximum Gasteiger partial charge on any atom is 0.240 e. The molecule has 1 fully saturated rings. The Morgan fingerprint density at radius 2 is 2.18 bits per heavy atom. The number of hydrogen-bond donors (Lipinski definition) is 2. The quantitative estimate of drug-likeness (QED) is 0.772. The third-order valence-electron chi connectivity index (χ3n) is 3.75. The summed E-state index contributed by atoms with van der Waals surface area (Å²) in [4.78, 5) is 11.8. The van der Waals surface area contributed by atoms with Crippen LogP contribution in [-0.2, 0) is 10.0 Å². The highest BCUT2D eigenvalue weighted by Crippen LogP contribution is 2.14. The lowest BCUT2D eigenvalue weighted by atomic mass is 10.0. The Kier molecular flexibility index (Phi) is 7.48. The van der Waals surface area contributed by atoms with Crippen molar-refractivity contribution >= 4 is 28.2 Å². The average Bonchev–Trinajstić information content (AvgIpc) is 2.53. The maximum absolute atomic E-state index is 12.3. The Hall–Kier alpha value is -0.950. The van der Waals surface area contributed by atoms with Gasteiger partial charge in [0.1, 0.15) is 0 Å². The maximum atomic E-state index is 12.3. The molecule has 0 aromatic heterocycles. The molecule has 1 saturated heterocycles. The Labute approximate surface area is 138 Å². The molecule has 0 saturated carbocycles. The van der Waals surface area contributed by atoms with Crippen LogP contribution in [0.5, 0.6) is 0 Å². The number of carbonyl (C=O) groups is 1. The fraction of sp³-hybridized carbons (Fsp3) is 0.533. The van der Waals surface area contributed by atoms with Crippen LogP contribution in [0.2, 0.25) is 0 Å². The molecule has 2 N–H and O–H groups in total. The van der Waals surface area contributed by atoms with Gasteiger partial charge in [-0.15, -0.1) is 12.4 Å². The van der Waals surface area contributed by atoms with Crippen LogP contribution in [0.15, 0.2) is 29.2 Å². The summed E-state index contributed by atoms with van der Waals surface area (Å²) in [7, 11) is -3.55. The van der Waals surface area contributed by atoms with Crippen LogP contribution in [0.3, 0.4) is 0 Å². The molecule has 0 spiro atoms. The average molecular weight is 347 g/mol. The number of nitrogens with one attached hydrogen (secondary N) is 2. The molecule has 0 bridgehead atoms. The van der Waals surface area contributed by atoms with Gasteiger partial charge in [-0.2, -0.15) is 0 Å². The monoisotopic (exact) mass is 346 g/mol. The number of benzene rings is 1. The van der Waals surface area contributed by atoms with Gasteiger partial charge in [0, 0.05) is 18.5 Å². The zero-order valence-corrected chi connectivity index (χ0v) is 14.3. The van der Waals surface area contributed by atoms with Gasteiger partial charge < -0.3 is 5.32 Å². The second-order valence-electron chi connectivity index (χ2n) is 5.37. The van der Waals surface area contributed by atoms with Gasteiger partial charge in [-0.05, 0) is 44.0 Å². The third-order valence-corrected chi connectivity index (χ3v) is 5.17. The molecule has 124 valence electrons. The van der Waals surface area contributed by atoms with Crippen LogP contribution >= 0.6 is 12.4 Å². The number of piperidine rings is 1. The summed E-state index contributed by atoms with van der Waals surface area (Å²) < 4.78 is 27.2. The molecule has 1 aromatic rings. The van der Waals surface area contributed by atoms with E-state index in [1.807, 2.05) is 0 Å². The number of ketones is 1. The van der Waals surface area contributed by atoms with E-state index in [9.17, 15) is 13.2 Å². The lowest BCUT2D eigenvalue weighted by molar-refractivity contribution is 0.0988. The summed E-state index contributed by atoms with van der Waals surface area (Å²) in [5.74, 6) is 0.275. The van der Waals surface area contributed by atoms with Crippen molar-refractivity contribution in [2.24, 2.45) is 5.92 Å². The van der Waals surface area contributed by atoms with Crippen molar-refractivity contribution in [3.8, 4) is 0 Å². The van der Waals surface area contributed by atoms with Gasteiger partial charge in [0.2, 0.25) is 10.0 Å². The van der Waals surface area contributed by atoms with Crippen LogP contribution < -0.4 is 10.0 Å². The summed E-state index contributed by atoms with van der Waals surface area (Å²) in [5.41, 5.74) is 0.444. The van der Waals surface area contributed by atoms with Crippen molar-refractivity contribution in [2.45, 2.75) is 31.1 Å². The topological polar surface area (TPSA) is 75.3 Å². The molecule has 1 aliphatic rings. The molecule has 1 atom stereocenters. The molecule has 1 heterocycles. The molecular weight excluding hydrogens is 324 g/mol. The lowest BCUT2D eigenvalue weighted by Crippen LogP contribution is -2.38. The highest BCUT2D eigenvalue weighted by molar-refractivity contribution is 7.89. The van der Waals surface area contributed by atoms with Crippen LogP contribution in [0.1, 0.15) is 36.5 Å². The second kappa shape index (κ2) is 8.62. The van der Waals surface area contributed by atoms with Crippen molar-refractivity contribution in [1.82, 2.24) is 10.0 Å². The minimum Gasteiger partial charge on any atom is -0.316 e. The molecule has 1 aromatic carbocycles. The van der Waals surface area contributed by atoms with E-state index < -0.39 is 10.0 Å². The Morgan fingerprint density at radius 3 is 2.82 bits per heavy atom. The minimum absolute atomic E-state index is 0. The lowest BCUT2D eigenvalue weighted by Gasteiger charge is -2.22. The molecule has 0 aliphatic carbocycles. The SMILES string of the molecule is CCC(=O)c1cccc(S(=O)(=O)NCC2CCCNC2)c1.Cl. The summed E-state index contributed by atoms with van der Waals surface area (Å²) >= 11 is 0. The molecule has 0 radical (unpaired) electrons. The highest BCUT2D eigenvalue weighted by atomic mass is 35.5. The van der Waals surface area contributed by atoms with Crippen molar-refractivity contribution in [3.05, 3.63) is 29.8 Å². The Balaban J connectivity index is 0.00000242. The number of carbonyl (C=O) groups excluding carboxylic acids is 1. The highest BCUT2D eigenvalue weighted by Gasteiger charge is 2.19. The van der Waals surface area contributed by atoms with Gasteiger partial charge >= 0.3 is 0 Å². The van der Waals surface area contributed by atoms with Gasteiger partial charge in [-0.1, -0.05) is 19.1 Å². The molecule has 22 heavy (non-hydrogen) atoms. The summed E-state index contributed by atoms with van der Waals surface area (Å²) in [6.45, 7) is 4.04. The van der Waals surface area contributed by atoms with Crippen molar-refractivity contribution < 1.29 is 13.2 Å². The fourth-order valence-electron chi connectivity index (χ4n) is 2.45. The minimum atomic E-state index is -3.55. The van der Waals surface area contributed by atoms with Gasteiger partial charge in [-0.3, -0.25) is 4.79 Å². The second-order valence-corrected chi connectivity index (χ2v) is 7.14. The normalized spacial score (nSPS) is 18.5.